The molecule has 96 valence electrons. The molecule has 0 N–H and O–H groups in total. The predicted molar refractivity (Wildman–Crippen MR) is 67.2 cm³/mol. The van der Waals surface area contributed by atoms with Gasteiger partial charge in [-0.25, -0.2) is 4.98 Å². The minimum atomic E-state index is -0.173. The van der Waals surface area contributed by atoms with Crippen molar-refractivity contribution in [3.63, 3.8) is 0 Å². The van der Waals surface area contributed by atoms with Crippen LogP contribution in [0.4, 0.5) is 0 Å². The highest BCUT2D eigenvalue weighted by Crippen LogP contribution is 2.20. The second-order valence-electron chi connectivity index (χ2n) is 3.46. The lowest BCUT2D eigenvalue weighted by atomic mass is 10.4. The lowest BCUT2D eigenvalue weighted by Gasteiger charge is -2.19. The van der Waals surface area contributed by atoms with Crippen LogP contribution in [0.25, 0.3) is 0 Å². The number of likely N-dealkylation sites (N-methyl/N-ethyl adjacent to an activating group) is 1. The van der Waals surface area contributed by atoms with E-state index in [1.807, 2.05) is 13.0 Å². The molecule has 0 aliphatic carbocycles. The molecule has 0 unspecified atom stereocenters. The van der Waals surface area contributed by atoms with E-state index in [0.29, 0.717) is 25.3 Å². The van der Waals surface area contributed by atoms with E-state index in [1.165, 1.54) is 0 Å². The molecule has 18 heavy (non-hydrogen) atoms. The Morgan fingerprint density at radius 2 is 2.44 bits per heavy atom. The molecular formula is C12H14ClN3O2. The molecule has 0 aliphatic rings. The molecule has 0 bridgehead atoms. The molecule has 0 fully saturated rings. The van der Waals surface area contributed by atoms with E-state index in [-0.39, 0.29) is 17.7 Å². The van der Waals surface area contributed by atoms with Gasteiger partial charge in [-0.1, -0.05) is 11.6 Å². The predicted octanol–water partition coefficient (Wildman–Crippen LogP) is 1.88. The van der Waals surface area contributed by atoms with Crippen LogP contribution in [0.3, 0.4) is 0 Å². The summed E-state index contributed by atoms with van der Waals surface area (Å²) in [5.74, 6) is 0.205. The van der Waals surface area contributed by atoms with Crippen molar-refractivity contribution < 1.29 is 9.53 Å². The number of nitriles is 1. The average molecular weight is 268 g/mol. The number of hydrogen-bond donors (Lipinski definition) is 0. The number of halogens is 1. The van der Waals surface area contributed by atoms with Crippen molar-refractivity contribution in [2.24, 2.45) is 0 Å². The Bertz CT molecular complexity index is 445. The molecule has 0 aromatic carbocycles. The molecule has 1 rings (SSSR count). The van der Waals surface area contributed by atoms with Crippen LogP contribution in [0.15, 0.2) is 18.3 Å². The Balaban J connectivity index is 2.50. The molecule has 1 aromatic rings. The third-order valence-electron chi connectivity index (χ3n) is 2.30. The smallest absolute Gasteiger partial charge is 0.260 e. The van der Waals surface area contributed by atoms with Gasteiger partial charge in [0.25, 0.3) is 5.91 Å². The number of carbonyl (C=O) groups is 1. The zero-order chi connectivity index (χ0) is 13.4. The average Bonchev–Trinajstić information content (AvgIpc) is 2.38. The molecule has 0 atom stereocenters. The van der Waals surface area contributed by atoms with Crippen molar-refractivity contribution in [1.29, 1.82) is 5.26 Å². The normalized spacial score (nSPS) is 9.61. The van der Waals surface area contributed by atoms with E-state index in [1.54, 1.807) is 23.2 Å². The van der Waals surface area contributed by atoms with E-state index in [2.05, 4.69) is 4.98 Å². The van der Waals surface area contributed by atoms with E-state index in [0.717, 1.165) is 0 Å². The van der Waals surface area contributed by atoms with E-state index < -0.39 is 0 Å². The van der Waals surface area contributed by atoms with Gasteiger partial charge in [0.1, 0.15) is 0 Å². The highest BCUT2D eigenvalue weighted by molar-refractivity contribution is 6.30. The fourth-order valence-electron chi connectivity index (χ4n) is 1.35. The van der Waals surface area contributed by atoms with Gasteiger partial charge in [-0.15, -0.1) is 0 Å². The highest BCUT2D eigenvalue weighted by atomic mass is 35.5. The van der Waals surface area contributed by atoms with Crippen LogP contribution >= 0.6 is 11.6 Å². The van der Waals surface area contributed by atoms with E-state index in [4.69, 9.17) is 21.6 Å². The number of pyridine rings is 1. The van der Waals surface area contributed by atoms with Crippen LogP contribution in [0.5, 0.6) is 5.75 Å². The topological polar surface area (TPSA) is 66.2 Å². The summed E-state index contributed by atoms with van der Waals surface area (Å²) in [7, 11) is 0. The number of carbonyl (C=O) groups excluding carboxylic acids is 1. The standard InChI is InChI=1S/C12H14ClN3O2/c1-2-16(8-4-6-14)11(17)9-18-10-5-3-7-15-12(10)13/h3,5,7H,2,4,8-9H2,1H3. The third kappa shape index (κ3) is 4.22. The second kappa shape index (κ2) is 7.51. The van der Waals surface area contributed by atoms with Crippen LogP contribution in [0, 0.1) is 11.3 Å². The van der Waals surface area contributed by atoms with Gasteiger partial charge >= 0.3 is 0 Å². The first-order valence-electron chi connectivity index (χ1n) is 5.57. The summed E-state index contributed by atoms with van der Waals surface area (Å²) in [6, 6.07) is 5.33. The Morgan fingerprint density at radius 3 is 3.06 bits per heavy atom. The van der Waals surface area contributed by atoms with Gasteiger partial charge < -0.3 is 9.64 Å². The number of nitrogens with zero attached hydrogens (tertiary/aromatic N) is 3. The zero-order valence-electron chi connectivity index (χ0n) is 10.1. The SMILES string of the molecule is CCN(CCC#N)C(=O)COc1cccnc1Cl. The summed E-state index contributed by atoms with van der Waals surface area (Å²) in [4.78, 5) is 17.2. The molecule has 0 saturated carbocycles. The maximum Gasteiger partial charge on any atom is 0.260 e. The number of aromatic nitrogens is 1. The van der Waals surface area contributed by atoms with Gasteiger partial charge in [0.2, 0.25) is 0 Å². The second-order valence-corrected chi connectivity index (χ2v) is 3.82. The quantitative estimate of drug-likeness (QED) is 0.738. The number of amides is 1. The van der Waals surface area contributed by atoms with Crippen molar-refractivity contribution in [2.45, 2.75) is 13.3 Å². The number of ether oxygens (including phenoxy) is 1. The molecule has 5 nitrogen and oxygen atoms in total. The molecule has 1 heterocycles. The van der Waals surface area contributed by atoms with Gasteiger partial charge in [0.15, 0.2) is 17.5 Å². The summed E-state index contributed by atoms with van der Waals surface area (Å²) in [5.41, 5.74) is 0. The summed E-state index contributed by atoms with van der Waals surface area (Å²) in [5, 5.41) is 8.72. The first-order valence-corrected chi connectivity index (χ1v) is 5.94. The van der Waals surface area contributed by atoms with Crippen molar-refractivity contribution in [3.8, 4) is 11.8 Å². The molecule has 1 aromatic heterocycles. The minimum absolute atomic E-state index is 0.106. The molecule has 0 aliphatic heterocycles. The summed E-state index contributed by atoms with van der Waals surface area (Å²) in [6.45, 7) is 2.71. The molecule has 6 heteroatoms. The minimum Gasteiger partial charge on any atom is -0.481 e. The maximum absolute atomic E-state index is 11.8. The van der Waals surface area contributed by atoms with Gasteiger partial charge in [0, 0.05) is 19.3 Å². The fraction of sp³-hybridized carbons (Fsp3) is 0.417. The molecule has 0 radical (unpaired) electrons. The first-order chi connectivity index (χ1) is 8.69. The van der Waals surface area contributed by atoms with Crippen molar-refractivity contribution >= 4 is 17.5 Å². The van der Waals surface area contributed by atoms with E-state index >= 15 is 0 Å². The maximum atomic E-state index is 11.8. The molecule has 0 spiro atoms. The molecular weight excluding hydrogens is 254 g/mol. The Labute approximate surface area is 111 Å². The largest absolute Gasteiger partial charge is 0.481 e. The van der Waals surface area contributed by atoms with E-state index in [9.17, 15) is 4.79 Å². The van der Waals surface area contributed by atoms with Crippen LogP contribution in [0.1, 0.15) is 13.3 Å². The van der Waals surface area contributed by atoms with Crippen LogP contribution in [-0.4, -0.2) is 35.5 Å². The molecule has 0 saturated heterocycles. The van der Waals surface area contributed by atoms with Crippen LogP contribution in [-0.2, 0) is 4.79 Å². The Kier molecular flexibility index (Phi) is 5.95. The summed E-state index contributed by atoms with van der Waals surface area (Å²) < 4.78 is 5.29. The van der Waals surface area contributed by atoms with Crippen molar-refractivity contribution in [2.75, 3.05) is 19.7 Å². The van der Waals surface area contributed by atoms with Gasteiger partial charge in [-0.05, 0) is 19.1 Å². The molecule has 1 amide bonds. The van der Waals surface area contributed by atoms with Crippen LogP contribution < -0.4 is 4.74 Å². The van der Waals surface area contributed by atoms with Gasteiger partial charge in [-0.3, -0.25) is 4.79 Å². The monoisotopic (exact) mass is 267 g/mol. The Morgan fingerprint density at radius 1 is 1.67 bits per heavy atom. The zero-order valence-corrected chi connectivity index (χ0v) is 10.9. The van der Waals surface area contributed by atoms with Crippen LogP contribution in [0.2, 0.25) is 5.15 Å². The van der Waals surface area contributed by atoms with Gasteiger partial charge in [-0.2, -0.15) is 5.26 Å². The third-order valence-corrected chi connectivity index (χ3v) is 2.59. The number of rotatable bonds is 6. The summed E-state index contributed by atoms with van der Waals surface area (Å²) in [6.07, 6.45) is 1.86. The summed E-state index contributed by atoms with van der Waals surface area (Å²) >= 11 is 5.80. The lowest BCUT2D eigenvalue weighted by Crippen LogP contribution is -2.35. The lowest BCUT2D eigenvalue weighted by molar-refractivity contribution is -0.133. The van der Waals surface area contributed by atoms with Crippen molar-refractivity contribution in [3.05, 3.63) is 23.5 Å². The highest BCUT2D eigenvalue weighted by Gasteiger charge is 2.12. The Hall–Kier alpha value is -1.80. The van der Waals surface area contributed by atoms with Crippen molar-refractivity contribution in [1.82, 2.24) is 9.88 Å². The fourth-order valence-corrected chi connectivity index (χ4v) is 1.53. The first kappa shape index (κ1) is 14.3. The van der Waals surface area contributed by atoms with Gasteiger partial charge in [0.05, 0.1) is 12.5 Å². The number of hydrogen-bond acceptors (Lipinski definition) is 4.